The molecule has 0 aromatic heterocycles. The van der Waals surface area contributed by atoms with Crippen LogP contribution in [0.15, 0.2) is 18.2 Å². The van der Waals surface area contributed by atoms with Crippen molar-refractivity contribution in [2.75, 3.05) is 0 Å². The Labute approximate surface area is 158 Å². The molecule has 2 aromatic carbocycles. The number of hydrogen-bond donors (Lipinski definition) is 1. The predicted octanol–water partition coefficient (Wildman–Crippen LogP) is 5.65. The van der Waals surface area contributed by atoms with E-state index in [1.165, 1.54) is 22.3 Å². The van der Waals surface area contributed by atoms with Crippen molar-refractivity contribution in [3.63, 3.8) is 0 Å². The molecular weight excluding hydrogens is 320 g/mol. The van der Waals surface area contributed by atoms with E-state index in [2.05, 4.69) is 66.7 Å². The van der Waals surface area contributed by atoms with Crippen LogP contribution in [-0.4, -0.2) is 10.9 Å². The minimum Gasteiger partial charge on any atom is -0.382 e. The minimum atomic E-state index is -0.872. The Morgan fingerprint density at radius 2 is 1.38 bits per heavy atom. The average molecular weight is 352 g/mol. The molecule has 0 aliphatic heterocycles. The third-order valence-corrected chi connectivity index (χ3v) is 6.28. The van der Waals surface area contributed by atoms with Crippen LogP contribution in [0.2, 0.25) is 0 Å². The van der Waals surface area contributed by atoms with E-state index >= 15 is 0 Å². The van der Waals surface area contributed by atoms with Crippen LogP contribution in [0.1, 0.15) is 63.4 Å². The minimum absolute atomic E-state index is 0.251. The van der Waals surface area contributed by atoms with E-state index < -0.39 is 5.41 Å². The second-order valence-electron chi connectivity index (χ2n) is 7.62. The van der Waals surface area contributed by atoms with Gasteiger partial charge >= 0.3 is 0 Å². The van der Waals surface area contributed by atoms with E-state index in [4.69, 9.17) is 0 Å². The van der Waals surface area contributed by atoms with Crippen LogP contribution in [-0.2, 0) is 10.2 Å². The quantitative estimate of drug-likeness (QED) is 0.756. The summed E-state index contributed by atoms with van der Waals surface area (Å²) < 4.78 is 0. The number of rotatable bonds is 5. The van der Waals surface area contributed by atoms with Gasteiger partial charge in [0.1, 0.15) is 6.61 Å². The molecular formula is C24H31O2. The van der Waals surface area contributed by atoms with Crippen molar-refractivity contribution in [3.8, 4) is 0 Å². The lowest BCUT2D eigenvalue weighted by Crippen LogP contribution is -2.39. The second kappa shape index (κ2) is 7.36. The van der Waals surface area contributed by atoms with E-state index in [0.29, 0.717) is 6.42 Å². The molecule has 0 saturated carbocycles. The fourth-order valence-corrected chi connectivity index (χ4v) is 4.21. The standard InChI is InChI=1S/C24H31O2/c1-9-24(23(26)13-25,21-11-14(2)10-15(3)18(21)6)22-12-16(4)17(5)19(7)20(22)8/h10-13,25H,9H2,1-8H3. The number of carbonyl (C=O) groups is 1. The number of aliphatic hydroxyl groups excluding tert-OH is 1. The highest BCUT2D eigenvalue weighted by Gasteiger charge is 2.42. The Morgan fingerprint density at radius 3 is 1.92 bits per heavy atom. The molecule has 0 bridgehead atoms. The fraction of sp³-hybridized carbons (Fsp3) is 0.417. The van der Waals surface area contributed by atoms with Gasteiger partial charge in [0.15, 0.2) is 5.78 Å². The number of carbonyl (C=O) groups excluding carboxylic acids is 1. The highest BCUT2D eigenvalue weighted by molar-refractivity contribution is 5.99. The largest absolute Gasteiger partial charge is 0.382 e. The lowest BCUT2D eigenvalue weighted by molar-refractivity contribution is -0.122. The summed E-state index contributed by atoms with van der Waals surface area (Å²) in [5.74, 6) is -0.251. The van der Waals surface area contributed by atoms with E-state index in [-0.39, 0.29) is 5.78 Å². The van der Waals surface area contributed by atoms with Gasteiger partial charge < -0.3 is 5.11 Å². The molecule has 0 saturated heterocycles. The van der Waals surface area contributed by atoms with Crippen molar-refractivity contribution < 1.29 is 9.90 Å². The molecule has 0 aliphatic rings. The molecule has 2 rings (SSSR count). The molecule has 0 fully saturated rings. The molecule has 1 N–H and O–H groups in total. The summed E-state index contributed by atoms with van der Waals surface area (Å²) in [6, 6.07) is 6.39. The Balaban J connectivity index is 3.01. The number of Topliss-reactive ketones (excluding diaryl/α,β-unsaturated/α-hetero) is 1. The molecule has 0 amide bonds. The molecule has 0 spiro atoms. The van der Waals surface area contributed by atoms with E-state index in [0.717, 1.165) is 34.4 Å². The first kappa shape index (κ1) is 20.4. The van der Waals surface area contributed by atoms with E-state index in [1.54, 1.807) is 0 Å². The van der Waals surface area contributed by atoms with Crippen LogP contribution in [0, 0.1) is 55.1 Å². The van der Waals surface area contributed by atoms with Gasteiger partial charge in [-0.2, -0.15) is 0 Å². The molecule has 1 unspecified atom stereocenters. The molecule has 0 heterocycles. The Hall–Kier alpha value is -1.93. The highest BCUT2D eigenvalue weighted by atomic mass is 16.3. The summed E-state index contributed by atoms with van der Waals surface area (Å²) in [7, 11) is 0. The summed E-state index contributed by atoms with van der Waals surface area (Å²) in [6.45, 7) is 17.4. The van der Waals surface area contributed by atoms with Gasteiger partial charge in [0.25, 0.3) is 0 Å². The predicted molar refractivity (Wildman–Crippen MR) is 108 cm³/mol. The highest BCUT2D eigenvalue weighted by Crippen LogP contribution is 2.43. The summed E-state index contributed by atoms with van der Waals surface area (Å²) in [6.07, 6.45) is 0.593. The zero-order chi connectivity index (χ0) is 19.8. The maximum absolute atomic E-state index is 13.2. The molecule has 2 aromatic rings. The van der Waals surface area contributed by atoms with Gasteiger partial charge in [-0.05, 0) is 99.4 Å². The van der Waals surface area contributed by atoms with E-state index in [9.17, 15) is 9.90 Å². The Bertz CT molecular complexity index is 861. The normalized spacial score (nSPS) is 13.6. The summed E-state index contributed by atoms with van der Waals surface area (Å²) >= 11 is 0. The second-order valence-corrected chi connectivity index (χ2v) is 7.62. The van der Waals surface area contributed by atoms with Crippen LogP contribution in [0.5, 0.6) is 0 Å². The monoisotopic (exact) mass is 351 g/mol. The van der Waals surface area contributed by atoms with Gasteiger partial charge in [-0.25, -0.2) is 0 Å². The summed E-state index contributed by atoms with van der Waals surface area (Å²) in [5, 5.41) is 9.76. The van der Waals surface area contributed by atoms with Crippen LogP contribution < -0.4 is 0 Å². The Morgan fingerprint density at radius 1 is 0.846 bits per heavy atom. The maximum Gasteiger partial charge on any atom is 0.179 e. The number of benzene rings is 2. The first-order valence-corrected chi connectivity index (χ1v) is 9.29. The van der Waals surface area contributed by atoms with Gasteiger partial charge in [-0.3, -0.25) is 4.79 Å². The van der Waals surface area contributed by atoms with Crippen LogP contribution in [0.25, 0.3) is 0 Å². The first-order chi connectivity index (χ1) is 12.1. The molecule has 2 heteroatoms. The Kier molecular flexibility index (Phi) is 5.77. The number of aryl methyl sites for hydroxylation is 3. The molecule has 2 nitrogen and oxygen atoms in total. The fourth-order valence-electron chi connectivity index (χ4n) is 4.21. The van der Waals surface area contributed by atoms with Crippen molar-refractivity contribution in [3.05, 3.63) is 74.9 Å². The maximum atomic E-state index is 13.2. The summed E-state index contributed by atoms with van der Waals surface area (Å²) in [4.78, 5) is 13.2. The van der Waals surface area contributed by atoms with Crippen LogP contribution in [0.3, 0.4) is 0 Å². The number of hydrogen-bond acceptors (Lipinski definition) is 2. The lowest BCUT2D eigenvalue weighted by atomic mass is 9.65. The van der Waals surface area contributed by atoms with Crippen molar-refractivity contribution in [2.24, 2.45) is 0 Å². The summed E-state index contributed by atoms with van der Waals surface area (Å²) in [5.41, 5.74) is 9.32. The van der Waals surface area contributed by atoms with E-state index in [1.807, 2.05) is 6.92 Å². The van der Waals surface area contributed by atoms with Gasteiger partial charge in [-0.15, -0.1) is 0 Å². The van der Waals surface area contributed by atoms with Gasteiger partial charge in [-0.1, -0.05) is 30.7 Å². The van der Waals surface area contributed by atoms with Gasteiger partial charge in [0, 0.05) is 0 Å². The van der Waals surface area contributed by atoms with Crippen LogP contribution in [0.4, 0.5) is 0 Å². The molecule has 1 radical (unpaired) electrons. The van der Waals surface area contributed by atoms with Crippen LogP contribution >= 0.6 is 0 Å². The third-order valence-electron chi connectivity index (χ3n) is 6.28. The van der Waals surface area contributed by atoms with Crippen molar-refractivity contribution in [2.45, 2.75) is 67.2 Å². The zero-order valence-corrected chi connectivity index (χ0v) is 17.4. The lowest BCUT2D eigenvalue weighted by Gasteiger charge is -2.36. The zero-order valence-electron chi connectivity index (χ0n) is 17.4. The first-order valence-electron chi connectivity index (χ1n) is 9.29. The number of ketones is 1. The molecule has 26 heavy (non-hydrogen) atoms. The number of aliphatic hydroxyl groups is 1. The van der Waals surface area contributed by atoms with Crippen molar-refractivity contribution in [1.29, 1.82) is 0 Å². The molecule has 1 atom stereocenters. The SMILES string of the molecule is CCC(C(=O)[CH]O)(c1cc(C)cc(C)c1C)c1cc(C)c(C)c(C)c1C. The van der Waals surface area contributed by atoms with Gasteiger partial charge in [0.2, 0.25) is 0 Å². The van der Waals surface area contributed by atoms with Gasteiger partial charge in [0.05, 0.1) is 5.41 Å². The topological polar surface area (TPSA) is 37.3 Å². The average Bonchev–Trinajstić information content (AvgIpc) is 2.61. The van der Waals surface area contributed by atoms with Crippen molar-refractivity contribution >= 4 is 5.78 Å². The van der Waals surface area contributed by atoms with Crippen molar-refractivity contribution in [1.82, 2.24) is 0 Å². The third kappa shape index (κ3) is 3.01. The molecule has 0 aliphatic carbocycles. The smallest absolute Gasteiger partial charge is 0.179 e. The molecule has 139 valence electrons.